The maximum absolute atomic E-state index is 11.9. The zero-order chi connectivity index (χ0) is 15.0. The van der Waals surface area contributed by atoms with Gasteiger partial charge in [0.15, 0.2) is 28.7 Å². The summed E-state index contributed by atoms with van der Waals surface area (Å²) in [6, 6.07) is 6.91. The van der Waals surface area contributed by atoms with E-state index in [9.17, 15) is 9.90 Å². The van der Waals surface area contributed by atoms with Gasteiger partial charge in [-0.05, 0) is 19.1 Å². The van der Waals surface area contributed by atoms with Gasteiger partial charge in [-0.15, -0.1) is 0 Å². The molecule has 106 valence electrons. The molecule has 0 radical (unpaired) electrons. The Hall–Kier alpha value is -2.89. The summed E-state index contributed by atoms with van der Waals surface area (Å²) >= 11 is 0. The van der Waals surface area contributed by atoms with Crippen LogP contribution in [-0.2, 0) is 0 Å². The summed E-state index contributed by atoms with van der Waals surface area (Å²) in [5.74, 6) is 0.422. The van der Waals surface area contributed by atoms with E-state index in [1.165, 1.54) is 6.08 Å². The van der Waals surface area contributed by atoms with Gasteiger partial charge in [-0.2, -0.15) is 0 Å². The average Bonchev–Trinajstić information content (AvgIpc) is 2.78. The minimum absolute atomic E-state index is 0.000321. The number of fused-ring (bicyclic) bond motifs is 1. The third-order valence-electron chi connectivity index (χ3n) is 2.93. The highest BCUT2D eigenvalue weighted by molar-refractivity contribution is 5.77. The molecule has 2 heterocycles. The second-order valence-corrected chi connectivity index (χ2v) is 4.53. The smallest absolute Gasteiger partial charge is 0.362 e. The first kappa shape index (κ1) is 13.1. The van der Waals surface area contributed by atoms with Crippen molar-refractivity contribution in [2.24, 2.45) is 0 Å². The highest BCUT2D eigenvalue weighted by Crippen LogP contribution is 2.19. The molecule has 0 fully saturated rings. The van der Waals surface area contributed by atoms with Crippen LogP contribution < -0.4 is 5.63 Å². The molecule has 21 heavy (non-hydrogen) atoms. The zero-order valence-electron chi connectivity index (χ0n) is 11.5. The third-order valence-corrected chi connectivity index (χ3v) is 2.93. The molecule has 3 aromatic rings. The minimum atomic E-state index is -0.630. The Bertz CT molecular complexity index is 905. The van der Waals surface area contributed by atoms with E-state index in [-0.39, 0.29) is 17.2 Å². The summed E-state index contributed by atoms with van der Waals surface area (Å²) in [5, 5.41) is 10.1. The maximum atomic E-state index is 11.9. The number of aliphatic hydroxyl groups excluding tert-OH is 1. The van der Waals surface area contributed by atoms with Gasteiger partial charge in [0, 0.05) is 13.0 Å². The number of para-hydroxylation sites is 2. The van der Waals surface area contributed by atoms with Gasteiger partial charge in [-0.3, -0.25) is 0 Å². The summed E-state index contributed by atoms with van der Waals surface area (Å²) in [5.41, 5.74) is 0.827. The molecule has 6 nitrogen and oxygen atoms in total. The number of aromatic nitrogens is 2. The van der Waals surface area contributed by atoms with Crippen LogP contribution in [0.25, 0.3) is 22.9 Å². The lowest BCUT2D eigenvalue weighted by Gasteiger charge is -1.99. The molecule has 0 saturated carbocycles. The molecule has 6 heteroatoms. The molecule has 0 atom stereocenters. The molecule has 0 aliphatic rings. The number of aryl methyl sites for hydroxylation is 2. The first-order valence-corrected chi connectivity index (χ1v) is 6.29. The molecular formula is C15H12N2O4. The summed E-state index contributed by atoms with van der Waals surface area (Å²) in [4.78, 5) is 20.1. The Morgan fingerprint density at radius 2 is 1.95 bits per heavy atom. The van der Waals surface area contributed by atoms with E-state index in [1.54, 1.807) is 38.1 Å². The van der Waals surface area contributed by atoms with Crippen LogP contribution in [0.4, 0.5) is 0 Å². The van der Waals surface area contributed by atoms with E-state index >= 15 is 0 Å². The lowest BCUT2D eigenvalue weighted by Crippen LogP contribution is -2.06. The second-order valence-electron chi connectivity index (χ2n) is 4.53. The van der Waals surface area contributed by atoms with Crippen molar-refractivity contribution >= 4 is 22.9 Å². The van der Waals surface area contributed by atoms with E-state index in [0.717, 1.165) is 0 Å². The number of rotatable bonds is 2. The first-order chi connectivity index (χ1) is 10.0. The van der Waals surface area contributed by atoms with Crippen LogP contribution in [0, 0.1) is 13.8 Å². The van der Waals surface area contributed by atoms with Crippen LogP contribution in [-0.4, -0.2) is 15.1 Å². The first-order valence-electron chi connectivity index (χ1n) is 6.29. The highest BCUT2D eigenvalue weighted by atomic mass is 16.4. The average molecular weight is 284 g/mol. The number of nitrogens with zero attached hydrogens (tertiary/aromatic N) is 2. The van der Waals surface area contributed by atoms with E-state index < -0.39 is 5.63 Å². The summed E-state index contributed by atoms with van der Waals surface area (Å²) < 4.78 is 10.4. The van der Waals surface area contributed by atoms with E-state index in [2.05, 4.69) is 9.97 Å². The van der Waals surface area contributed by atoms with Crippen LogP contribution in [0.15, 0.2) is 37.9 Å². The Morgan fingerprint density at radius 3 is 2.67 bits per heavy atom. The van der Waals surface area contributed by atoms with Crippen LogP contribution in [0.1, 0.15) is 23.0 Å². The quantitative estimate of drug-likeness (QED) is 0.728. The van der Waals surface area contributed by atoms with Gasteiger partial charge in [0.2, 0.25) is 0 Å². The van der Waals surface area contributed by atoms with Gasteiger partial charge in [-0.1, -0.05) is 12.1 Å². The van der Waals surface area contributed by atoms with Crippen molar-refractivity contribution in [3.8, 4) is 0 Å². The fourth-order valence-corrected chi connectivity index (χ4v) is 2.02. The standard InChI is InChI=1S/C15H12N2O4/c1-8-14(20-9(2)16-8)12(18)7-11-15(19)21-13-6-4-3-5-10(13)17-11/h3-7,18H,1-2H3. The SMILES string of the molecule is Cc1nc(C)c(C(O)=Cc2nc3ccccc3oc2=O)o1. The molecule has 0 aliphatic heterocycles. The number of hydrogen-bond donors (Lipinski definition) is 1. The summed E-state index contributed by atoms with van der Waals surface area (Å²) in [7, 11) is 0. The van der Waals surface area contributed by atoms with Crippen molar-refractivity contribution in [1.82, 2.24) is 9.97 Å². The minimum Gasteiger partial charge on any atom is -0.504 e. The molecule has 1 N–H and O–H groups in total. The molecular weight excluding hydrogens is 272 g/mol. The van der Waals surface area contributed by atoms with Crippen LogP contribution >= 0.6 is 0 Å². The van der Waals surface area contributed by atoms with Gasteiger partial charge in [0.25, 0.3) is 0 Å². The van der Waals surface area contributed by atoms with Crippen LogP contribution in [0.2, 0.25) is 0 Å². The van der Waals surface area contributed by atoms with E-state index in [0.29, 0.717) is 22.7 Å². The van der Waals surface area contributed by atoms with E-state index in [4.69, 9.17) is 8.83 Å². The second kappa shape index (κ2) is 4.90. The fourth-order valence-electron chi connectivity index (χ4n) is 2.02. The summed E-state index contributed by atoms with van der Waals surface area (Å²) in [6.45, 7) is 3.37. The Labute approximate surface area is 119 Å². The van der Waals surface area contributed by atoms with Gasteiger partial charge < -0.3 is 13.9 Å². The largest absolute Gasteiger partial charge is 0.504 e. The Balaban J connectivity index is 2.12. The zero-order valence-corrected chi connectivity index (χ0v) is 11.5. The van der Waals surface area contributed by atoms with E-state index in [1.807, 2.05) is 0 Å². The normalized spacial score (nSPS) is 12.0. The van der Waals surface area contributed by atoms with Gasteiger partial charge >= 0.3 is 5.63 Å². The van der Waals surface area contributed by atoms with Crippen molar-refractivity contribution in [3.63, 3.8) is 0 Å². The molecule has 2 aromatic heterocycles. The van der Waals surface area contributed by atoms with Crippen molar-refractivity contribution in [2.75, 3.05) is 0 Å². The molecule has 0 spiro atoms. The van der Waals surface area contributed by atoms with Crippen molar-refractivity contribution in [3.05, 3.63) is 57.7 Å². The molecule has 0 saturated heterocycles. The molecule has 0 amide bonds. The number of benzene rings is 1. The molecule has 3 rings (SSSR count). The Morgan fingerprint density at radius 1 is 1.19 bits per heavy atom. The van der Waals surface area contributed by atoms with Gasteiger partial charge in [-0.25, -0.2) is 14.8 Å². The maximum Gasteiger partial charge on any atom is 0.362 e. The predicted molar refractivity (Wildman–Crippen MR) is 76.8 cm³/mol. The molecule has 1 aromatic carbocycles. The molecule has 0 aliphatic carbocycles. The molecule has 0 unspecified atom stereocenters. The lowest BCUT2D eigenvalue weighted by molar-refractivity contribution is 0.446. The summed E-state index contributed by atoms with van der Waals surface area (Å²) in [6.07, 6.45) is 1.21. The fraction of sp³-hybridized carbons (Fsp3) is 0.133. The third kappa shape index (κ3) is 2.43. The van der Waals surface area contributed by atoms with Crippen molar-refractivity contribution in [2.45, 2.75) is 13.8 Å². The van der Waals surface area contributed by atoms with Crippen molar-refractivity contribution < 1.29 is 13.9 Å². The number of oxazole rings is 1. The van der Waals surface area contributed by atoms with Crippen molar-refractivity contribution in [1.29, 1.82) is 0 Å². The lowest BCUT2D eigenvalue weighted by atomic mass is 10.2. The van der Waals surface area contributed by atoms with Gasteiger partial charge in [0.1, 0.15) is 5.52 Å². The van der Waals surface area contributed by atoms with Crippen LogP contribution in [0.5, 0.6) is 0 Å². The topological polar surface area (TPSA) is 89.4 Å². The molecule has 0 bridgehead atoms. The van der Waals surface area contributed by atoms with Crippen LogP contribution in [0.3, 0.4) is 0 Å². The van der Waals surface area contributed by atoms with Gasteiger partial charge in [0.05, 0.1) is 5.69 Å². The predicted octanol–water partition coefficient (Wildman–Crippen LogP) is 2.85. The number of aliphatic hydroxyl groups is 1. The monoisotopic (exact) mass is 284 g/mol. The highest BCUT2D eigenvalue weighted by Gasteiger charge is 2.13. The number of hydrogen-bond acceptors (Lipinski definition) is 6. The Kier molecular flexibility index (Phi) is 3.06.